The molecule has 2 aliphatic rings. The van der Waals surface area contributed by atoms with Crippen molar-refractivity contribution in [1.82, 2.24) is 0 Å². The molecule has 3 aromatic rings. The summed E-state index contributed by atoms with van der Waals surface area (Å²) in [5, 5.41) is 5.66. The van der Waals surface area contributed by atoms with Crippen LogP contribution in [-0.2, 0) is 6.42 Å². The molecular formula is C22H22. The molecule has 2 atom stereocenters. The lowest BCUT2D eigenvalue weighted by Gasteiger charge is -2.37. The third kappa shape index (κ3) is 1.83. The average Bonchev–Trinajstić information content (AvgIpc) is 2.60. The zero-order valence-electron chi connectivity index (χ0n) is 13.0. The van der Waals surface area contributed by atoms with Crippen molar-refractivity contribution in [3.05, 3.63) is 59.7 Å². The van der Waals surface area contributed by atoms with Gasteiger partial charge in [0, 0.05) is 0 Å². The van der Waals surface area contributed by atoms with E-state index in [0.717, 1.165) is 11.8 Å². The molecule has 1 fully saturated rings. The summed E-state index contributed by atoms with van der Waals surface area (Å²) in [6, 6.07) is 18.5. The van der Waals surface area contributed by atoms with Crippen LogP contribution in [0.1, 0.15) is 49.1 Å². The standard InChI is InChI=1S/C22H22/c1-3-7-19-15(5-1)9-11-17-14-22-18(13-21(17)19)12-10-16-6-2-4-8-20(16)22/h1,3,5,7,9,11,13-14,16,20H,2,4,6,8,10,12H2. The minimum atomic E-state index is 0.841. The average molecular weight is 286 g/mol. The lowest BCUT2D eigenvalue weighted by Crippen LogP contribution is -2.23. The normalized spacial score (nSPS) is 24.2. The molecule has 3 aromatic carbocycles. The van der Waals surface area contributed by atoms with Gasteiger partial charge in [0.05, 0.1) is 0 Å². The summed E-state index contributed by atoms with van der Waals surface area (Å²) in [5.41, 5.74) is 3.31. The topological polar surface area (TPSA) is 0 Å². The molecule has 0 N–H and O–H groups in total. The molecule has 1 saturated carbocycles. The van der Waals surface area contributed by atoms with Crippen LogP contribution < -0.4 is 0 Å². The van der Waals surface area contributed by atoms with Crippen LogP contribution in [0.2, 0.25) is 0 Å². The van der Waals surface area contributed by atoms with Crippen molar-refractivity contribution in [3.63, 3.8) is 0 Å². The van der Waals surface area contributed by atoms with Crippen molar-refractivity contribution >= 4 is 21.5 Å². The Balaban J connectivity index is 1.76. The molecule has 0 spiro atoms. The van der Waals surface area contributed by atoms with Crippen molar-refractivity contribution < 1.29 is 0 Å². The van der Waals surface area contributed by atoms with Crippen molar-refractivity contribution in [3.8, 4) is 0 Å². The van der Waals surface area contributed by atoms with Crippen LogP contribution in [0.4, 0.5) is 0 Å². The van der Waals surface area contributed by atoms with Crippen LogP contribution in [0.5, 0.6) is 0 Å². The summed E-state index contributed by atoms with van der Waals surface area (Å²) in [5.74, 6) is 1.80. The van der Waals surface area contributed by atoms with Gasteiger partial charge in [-0.25, -0.2) is 0 Å². The van der Waals surface area contributed by atoms with Crippen LogP contribution in [0.3, 0.4) is 0 Å². The van der Waals surface area contributed by atoms with E-state index < -0.39 is 0 Å². The Morgan fingerprint density at radius 2 is 1.59 bits per heavy atom. The molecule has 0 bridgehead atoms. The summed E-state index contributed by atoms with van der Waals surface area (Å²) in [6.45, 7) is 0. The van der Waals surface area contributed by atoms with E-state index in [4.69, 9.17) is 0 Å². The molecule has 0 heteroatoms. The molecule has 2 aliphatic carbocycles. The number of benzene rings is 3. The quantitative estimate of drug-likeness (QED) is 0.431. The molecule has 5 rings (SSSR count). The van der Waals surface area contributed by atoms with Crippen LogP contribution in [0.15, 0.2) is 48.5 Å². The summed E-state index contributed by atoms with van der Waals surface area (Å²) in [6.07, 6.45) is 8.45. The first kappa shape index (κ1) is 12.7. The van der Waals surface area contributed by atoms with Crippen LogP contribution in [0, 0.1) is 5.92 Å². The predicted octanol–water partition coefficient (Wildman–Crippen LogP) is 6.21. The maximum atomic E-state index is 2.53. The fourth-order valence-electron chi connectivity index (χ4n) is 4.98. The highest BCUT2D eigenvalue weighted by atomic mass is 14.4. The molecule has 0 aromatic heterocycles. The summed E-state index contributed by atoms with van der Waals surface area (Å²) in [7, 11) is 0. The maximum Gasteiger partial charge on any atom is -0.0102 e. The van der Waals surface area contributed by atoms with Crippen molar-refractivity contribution in [2.24, 2.45) is 5.92 Å². The van der Waals surface area contributed by atoms with Crippen molar-refractivity contribution in [2.45, 2.75) is 44.4 Å². The first-order valence-electron chi connectivity index (χ1n) is 8.84. The third-order valence-corrected chi connectivity index (χ3v) is 6.10. The molecular weight excluding hydrogens is 264 g/mol. The lowest BCUT2D eigenvalue weighted by atomic mass is 9.68. The number of rotatable bonds is 0. The van der Waals surface area contributed by atoms with Gasteiger partial charge in [-0.3, -0.25) is 0 Å². The van der Waals surface area contributed by atoms with Gasteiger partial charge in [0.25, 0.3) is 0 Å². The van der Waals surface area contributed by atoms with Gasteiger partial charge in [0.1, 0.15) is 0 Å². The van der Waals surface area contributed by atoms with Crippen LogP contribution in [-0.4, -0.2) is 0 Å². The zero-order chi connectivity index (χ0) is 14.5. The second kappa shape index (κ2) is 4.84. The lowest BCUT2D eigenvalue weighted by molar-refractivity contribution is 0.276. The van der Waals surface area contributed by atoms with Gasteiger partial charge in [0.2, 0.25) is 0 Å². The molecule has 0 saturated heterocycles. The van der Waals surface area contributed by atoms with E-state index in [0.29, 0.717) is 0 Å². The van der Waals surface area contributed by atoms with E-state index in [2.05, 4.69) is 48.5 Å². The van der Waals surface area contributed by atoms with Gasteiger partial charge in [-0.1, -0.05) is 61.4 Å². The fourth-order valence-corrected chi connectivity index (χ4v) is 4.98. The van der Waals surface area contributed by atoms with E-state index in [1.54, 1.807) is 11.1 Å². The van der Waals surface area contributed by atoms with Gasteiger partial charge in [-0.05, 0) is 70.2 Å². The highest BCUT2D eigenvalue weighted by Gasteiger charge is 2.31. The summed E-state index contributed by atoms with van der Waals surface area (Å²) in [4.78, 5) is 0. The first-order valence-corrected chi connectivity index (χ1v) is 8.84. The number of hydrogen-bond donors (Lipinski definition) is 0. The van der Waals surface area contributed by atoms with Gasteiger partial charge in [-0.15, -0.1) is 0 Å². The van der Waals surface area contributed by atoms with E-state index in [-0.39, 0.29) is 0 Å². The van der Waals surface area contributed by atoms with Crippen LogP contribution >= 0.6 is 0 Å². The Morgan fingerprint density at radius 3 is 2.59 bits per heavy atom. The molecule has 22 heavy (non-hydrogen) atoms. The Labute approximate surface area is 132 Å². The zero-order valence-corrected chi connectivity index (χ0v) is 13.0. The molecule has 0 nitrogen and oxygen atoms in total. The largest absolute Gasteiger partial charge is 0.0616 e. The van der Waals surface area contributed by atoms with Gasteiger partial charge < -0.3 is 0 Å². The SMILES string of the molecule is c1ccc2c(c1)ccc1cc3c(cc12)CCC1CCCCC31. The molecule has 0 radical (unpaired) electrons. The second-order valence-corrected chi connectivity index (χ2v) is 7.25. The third-order valence-electron chi connectivity index (χ3n) is 6.10. The smallest absolute Gasteiger partial charge is 0.0102 e. The Bertz CT molecular complexity index is 858. The summed E-state index contributed by atoms with van der Waals surface area (Å²) >= 11 is 0. The van der Waals surface area contributed by atoms with E-state index in [1.165, 1.54) is 60.1 Å². The molecule has 0 heterocycles. The van der Waals surface area contributed by atoms with E-state index in [1.807, 2.05) is 0 Å². The summed E-state index contributed by atoms with van der Waals surface area (Å²) < 4.78 is 0. The van der Waals surface area contributed by atoms with Crippen molar-refractivity contribution in [2.75, 3.05) is 0 Å². The highest BCUT2D eigenvalue weighted by molar-refractivity contribution is 6.07. The number of fused-ring (bicyclic) bond motifs is 6. The van der Waals surface area contributed by atoms with Gasteiger partial charge in [0.15, 0.2) is 0 Å². The Morgan fingerprint density at radius 1 is 0.727 bits per heavy atom. The minimum absolute atomic E-state index is 0.841. The molecule has 110 valence electrons. The molecule has 2 unspecified atom stereocenters. The number of aryl methyl sites for hydroxylation is 1. The Kier molecular flexibility index (Phi) is 2.80. The minimum Gasteiger partial charge on any atom is -0.0616 e. The maximum absolute atomic E-state index is 2.53. The van der Waals surface area contributed by atoms with Gasteiger partial charge >= 0.3 is 0 Å². The van der Waals surface area contributed by atoms with E-state index >= 15 is 0 Å². The number of hydrogen-bond acceptors (Lipinski definition) is 0. The van der Waals surface area contributed by atoms with Crippen LogP contribution in [0.25, 0.3) is 21.5 Å². The predicted molar refractivity (Wildman–Crippen MR) is 94.5 cm³/mol. The van der Waals surface area contributed by atoms with Gasteiger partial charge in [-0.2, -0.15) is 0 Å². The molecule has 0 amide bonds. The first-order chi connectivity index (χ1) is 10.9. The highest BCUT2D eigenvalue weighted by Crippen LogP contribution is 2.46. The molecule has 0 aliphatic heterocycles. The monoisotopic (exact) mass is 286 g/mol. The Hall–Kier alpha value is -1.82. The van der Waals surface area contributed by atoms with E-state index in [9.17, 15) is 0 Å². The second-order valence-electron chi connectivity index (χ2n) is 7.25. The fraction of sp³-hybridized carbons (Fsp3) is 0.364. The van der Waals surface area contributed by atoms with Crippen molar-refractivity contribution in [1.29, 1.82) is 0 Å².